The zero-order chi connectivity index (χ0) is 13.1. The SMILES string of the molecule is CN1C(=O)CC(NC(=O)CCC2CCNC2)C1=O. The van der Waals surface area contributed by atoms with Crippen molar-refractivity contribution < 1.29 is 14.4 Å². The Morgan fingerprint density at radius 3 is 2.83 bits per heavy atom. The molecular formula is C12H19N3O3. The molecule has 2 N–H and O–H groups in total. The van der Waals surface area contributed by atoms with Crippen molar-refractivity contribution in [3.05, 3.63) is 0 Å². The van der Waals surface area contributed by atoms with Gasteiger partial charge < -0.3 is 10.6 Å². The van der Waals surface area contributed by atoms with Gasteiger partial charge in [-0.05, 0) is 31.8 Å². The van der Waals surface area contributed by atoms with Crippen molar-refractivity contribution in [3.8, 4) is 0 Å². The van der Waals surface area contributed by atoms with Gasteiger partial charge >= 0.3 is 0 Å². The molecule has 100 valence electrons. The fourth-order valence-electron chi connectivity index (χ4n) is 2.43. The minimum Gasteiger partial charge on any atom is -0.344 e. The Labute approximate surface area is 106 Å². The van der Waals surface area contributed by atoms with Gasteiger partial charge in [0, 0.05) is 13.5 Å². The van der Waals surface area contributed by atoms with Crippen LogP contribution < -0.4 is 10.6 Å². The van der Waals surface area contributed by atoms with Crippen LogP contribution in [0.5, 0.6) is 0 Å². The first-order valence-corrected chi connectivity index (χ1v) is 6.38. The molecule has 2 aliphatic heterocycles. The zero-order valence-corrected chi connectivity index (χ0v) is 10.6. The third-order valence-corrected chi connectivity index (χ3v) is 3.66. The lowest BCUT2D eigenvalue weighted by Crippen LogP contribution is -2.40. The zero-order valence-electron chi connectivity index (χ0n) is 10.6. The Bertz CT molecular complexity index is 364. The summed E-state index contributed by atoms with van der Waals surface area (Å²) in [6.07, 6.45) is 2.46. The van der Waals surface area contributed by atoms with E-state index in [4.69, 9.17) is 0 Å². The van der Waals surface area contributed by atoms with Gasteiger partial charge in [0.1, 0.15) is 6.04 Å². The molecule has 2 unspecified atom stereocenters. The molecule has 0 aromatic rings. The smallest absolute Gasteiger partial charge is 0.252 e. The van der Waals surface area contributed by atoms with Crippen LogP contribution in [0.4, 0.5) is 0 Å². The number of amides is 3. The summed E-state index contributed by atoms with van der Waals surface area (Å²) in [4.78, 5) is 35.7. The third kappa shape index (κ3) is 2.87. The van der Waals surface area contributed by atoms with Gasteiger partial charge in [0.2, 0.25) is 11.8 Å². The van der Waals surface area contributed by atoms with Crippen LogP contribution in [0, 0.1) is 5.92 Å². The first kappa shape index (κ1) is 13.0. The van der Waals surface area contributed by atoms with Crippen molar-refractivity contribution in [3.63, 3.8) is 0 Å². The lowest BCUT2D eigenvalue weighted by Gasteiger charge is -2.12. The van der Waals surface area contributed by atoms with E-state index in [0.29, 0.717) is 12.3 Å². The van der Waals surface area contributed by atoms with Crippen LogP contribution in [0.2, 0.25) is 0 Å². The Morgan fingerprint density at radius 1 is 1.50 bits per heavy atom. The lowest BCUT2D eigenvalue weighted by atomic mass is 10.0. The van der Waals surface area contributed by atoms with Gasteiger partial charge in [-0.2, -0.15) is 0 Å². The highest BCUT2D eigenvalue weighted by atomic mass is 16.2. The molecule has 2 fully saturated rings. The molecule has 0 spiro atoms. The van der Waals surface area contributed by atoms with Gasteiger partial charge in [-0.25, -0.2) is 0 Å². The fraction of sp³-hybridized carbons (Fsp3) is 0.750. The van der Waals surface area contributed by atoms with E-state index >= 15 is 0 Å². The average molecular weight is 253 g/mol. The maximum absolute atomic E-state index is 11.7. The number of hydrogen-bond donors (Lipinski definition) is 2. The summed E-state index contributed by atoms with van der Waals surface area (Å²) in [5.74, 6) is -0.121. The summed E-state index contributed by atoms with van der Waals surface area (Å²) in [5.41, 5.74) is 0. The lowest BCUT2D eigenvalue weighted by molar-refractivity contribution is -0.138. The summed E-state index contributed by atoms with van der Waals surface area (Å²) in [5, 5.41) is 5.89. The molecule has 2 aliphatic rings. The molecule has 6 nitrogen and oxygen atoms in total. The molecule has 0 aromatic heterocycles. The van der Waals surface area contributed by atoms with Gasteiger partial charge in [0.25, 0.3) is 5.91 Å². The van der Waals surface area contributed by atoms with Crippen LogP contribution in [0.15, 0.2) is 0 Å². The van der Waals surface area contributed by atoms with Crippen LogP contribution in [0.25, 0.3) is 0 Å². The van der Waals surface area contributed by atoms with Crippen molar-refractivity contribution in [1.82, 2.24) is 15.5 Å². The fourth-order valence-corrected chi connectivity index (χ4v) is 2.43. The first-order chi connectivity index (χ1) is 8.58. The standard InChI is InChI=1S/C12H19N3O3/c1-15-11(17)6-9(12(15)18)14-10(16)3-2-8-4-5-13-7-8/h8-9,13H,2-7H2,1H3,(H,14,16). The number of hydrogen-bond acceptors (Lipinski definition) is 4. The monoisotopic (exact) mass is 253 g/mol. The molecule has 3 amide bonds. The van der Waals surface area contributed by atoms with E-state index in [1.165, 1.54) is 7.05 Å². The predicted octanol–water partition coefficient (Wildman–Crippen LogP) is -0.750. The van der Waals surface area contributed by atoms with Gasteiger partial charge in [0.05, 0.1) is 6.42 Å². The van der Waals surface area contributed by atoms with Crippen molar-refractivity contribution in [1.29, 1.82) is 0 Å². The van der Waals surface area contributed by atoms with Crippen molar-refractivity contribution in [2.45, 2.75) is 31.7 Å². The molecule has 0 aliphatic carbocycles. The number of imide groups is 1. The van der Waals surface area contributed by atoms with E-state index in [0.717, 1.165) is 30.8 Å². The van der Waals surface area contributed by atoms with Crippen molar-refractivity contribution >= 4 is 17.7 Å². The number of carbonyl (C=O) groups excluding carboxylic acids is 3. The molecule has 2 saturated heterocycles. The number of likely N-dealkylation sites (N-methyl/N-ethyl adjacent to an activating group) is 1. The molecule has 0 saturated carbocycles. The molecule has 18 heavy (non-hydrogen) atoms. The highest BCUT2D eigenvalue weighted by Gasteiger charge is 2.36. The summed E-state index contributed by atoms with van der Waals surface area (Å²) in [6, 6.07) is -0.656. The molecule has 0 radical (unpaired) electrons. The van der Waals surface area contributed by atoms with E-state index in [2.05, 4.69) is 10.6 Å². The Hall–Kier alpha value is -1.43. The molecular weight excluding hydrogens is 234 g/mol. The van der Waals surface area contributed by atoms with Gasteiger partial charge in [0.15, 0.2) is 0 Å². The van der Waals surface area contributed by atoms with Gasteiger partial charge in [-0.15, -0.1) is 0 Å². The Kier molecular flexibility index (Phi) is 3.96. The minimum atomic E-state index is -0.656. The Balaban J connectivity index is 1.74. The second-order valence-electron chi connectivity index (χ2n) is 5.01. The molecule has 0 bridgehead atoms. The van der Waals surface area contributed by atoms with Crippen LogP contribution in [0.1, 0.15) is 25.7 Å². The van der Waals surface area contributed by atoms with Gasteiger partial charge in [-0.1, -0.05) is 0 Å². The maximum Gasteiger partial charge on any atom is 0.252 e. The molecule has 2 rings (SSSR count). The van der Waals surface area contributed by atoms with Crippen LogP contribution >= 0.6 is 0 Å². The summed E-state index contributed by atoms with van der Waals surface area (Å²) < 4.78 is 0. The van der Waals surface area contributed by atoms with E-state index in [9.17, 15) is 14.4 Å². The number of carbonyl (C=O) groups is 3. The van der Waals surface area contributed by atoms with Crippen molar-refractivity contribution in [2.75, 3.05) is 20.1 Å². The second-order valence-corrected chi connectivity index (χ2v) is 5.01. The minimum absolute atomic E-state index is 0.0893. The summed E-state index contributed by atoms with van der Waals surface area (Å²) in [7, 11) is 1.45. The number of nitrogens with zero attached hydrogens (tertiary/aromatic N) is 1. The van der Waals surface area contributed by atoms with Crippen LogP contribution in [-0.4, -0.2) is 48.8 Å². The number of rotatable bonds is 4. The maximum atomic E-state index is 11.7. The largest absolute Gasteiger partial charge is 0.344 e. The van der Waals surface area contributed by atoms with Crippen molar-refractivity contribution in [2.24, 2.45) is 5.92 Å². The third-order valence-electron chi connectivity index (χ3n) is 3.66. The quantitative estimate of drug-likeness (QED) is 0.646. The molecule has 0 aromatic carbocycles. The van der Waals surface area contributed by atoms with E-state index in [1.807, 2.05) is 0 Å². The summed E-state index contributed by atoms with van der Waals surface area (Å²) in [6.45, 7) is 1.99. The van der Waals surface area contributed by atoms with Crippen LogP contribution in [0.3, 0.4) is 0 Å². The molecule has 6 heteroatoms. The highest BCUT2D eigenvalue weighted by Crippen LogP contribution is 2.15. The first-order valence-electron chi connectivity index (χ1n) is 6.38. The van der Waals surface area contributed by atoms with Crippen LogP contribution in [-0.2, 0) is 14.4 Å². The normalized spacial score (nSPS) is 27.9. The Morgan fingerprint density at radius 2 is 2.28 bits per heavy atom. The predicted molar refractivity (Wildman–Crippen MR) is 64.5 cm³/mol. The average Bonchev–Trinajstić information content (AvgIpc) is 2.93. The number of likely N-dealkylation sites (tertiary alicyclic amines) is 1. The molecule has 2 atom stereocenters. The summed E-state index contributed by atoms with van der Waals surface area (Å²) >= 11 is 0. The molecule has 2 heterocycles. The highest BCUT2D eigenvalue weighted by molar-refractivity contribution is 6.06. The van der Waals surface area contributed by atoms with E-state index in [1.54, 1.807) is 0 Å². The number of nitrogens with one attached hydrogen (secondary N) is 2. The second kappa shape index (κ2) is 5.48. The van der Waals surface area contributed by atoms with E-state index in [-0.39, 0.29) is 24.1 Å². The van der Waals surface area contributed by atoms with Gasteiger partial charge in [-0.3, -0.25) is 19.3 Å². The topological polar surface area (TPSA) is 78.5 Å². The van der Waals surface area contributed by atoms with E-state index < -0.39 is 6.04 Å².